The van der Waals surface area contributed by atoms with E-state index in [-0.39, 0.29) is 18.5 Å². The number of likely N-dealkylation sites (N-methyl/N-ethyl adjacent to an activating group) is 1. The Labute approximate surface area is 90.4 Å². The Morgan fingerprint density at radius 3 is 2.53 bits per heavy atom. The molecule has 0 atom stereocenters. The number of carbonyl (C=O) groups is 2. The van der Waals surface area contributed by atoms with E-state index in [9.17, 15) is 9.59 Å². The lowest BCUT2D eigenvalue weighted by Crippen LogP contribution is -2.34. The monoisotopic (exact) mass is 213 g/mol. The van der Waals surface area contributed by atoms with Crippen molar-refractivity contribution in [1.29, 1.82) is 0 Å². The number of amides is 3. The van der Waals surface area contributed by atoms with Crippen molar-refractivity contribution in [3.05, 3.63) is 0 Å². The maximum atomic E-state index is 11.5. The molecule has 1 aliphatic heterocycles. The molecule has 1 aliphatic rings. The molecular weight excluding hydrogens is 194 g/mol. The highest BCUT2D eigenvalue weighted by atomic mass is 16.2. The summed E-state index contributed by atoms with van der Waals surface area (Å²) in [6, 6.07) is 0.266. The zero-order valence-electron chi connectivity index (χ0n) is 9.62. The minimum atomic E-state index is -0.176. The molecule has 1 saturated heterocycles. The fourth-order valence-corrected chi connectivity index (χ4v) is 1.52. The van der Waals surface area contributed by atoms with Crippen LogP contribution in [0.5, 0.6) is 0 Å². The highest BCUT2D eigenvalue weighted by molar-refractivity contribution is 6.01. The van der Waals surface area contributed by atoms with E-state index in [1.165, 1.54) is 9.80 Å². The summed E-state index contributed by atoms with van der Waals surface area (Å²) in [6.45, 7) is 5.70. The molecule has 0 spiro atoms. The molecule has 0 saturated carbocycles. The molecule has 0 aliphatic carbocycles. The molecule has 0 unspecified atom stereocenters. The van der Waals surface area contributed by atoms with Crippen molar-refractivity contribution in [3.8, 4) is 0 Å². The van der Waals surface area contributed by atoms with Gasteiger partial charge in [-0.2, -0.15) is 0 Å². The summed E-state index contributed by atoms with van der Waals surface area (Å²) >= 11 is 0. The van der Waals surface area contributed by atoms with Crippen LogP contribution in [0, 0.1) is 0 Å². The van der Waals surface area contributed by atoms with Crippen LogP contribution < -0.4 is 5.32 Å². The Balaban J connectivity index is 2.27. The number of nitrogens with one attached hydrogen (secondary N) is 1. The summed E-state index contributed by atoms with van der Waals surface area (Å²) in [5.74, 6) is -0.0907. The quantitative estimate of drug-likeness (QED) is 0.527. The number of rotatable bonds is 5. The number of urea groups is 1. The summed E-state index contributed by atoms with van der Waals surface area (Å²) in [7, 11) is 1.65. The average molecular weight is 213 g/mol. The number of carbonyl (C=O) groups excluding carboxylic acids is 2. The van der Waals surface area contributed by atoms with Crippen molar-refractivity contribution >= 4 is 11.9 Å². The van der Waals surface area contributed by atoms with Crippen LogP contribution in [0.2, 0.25) is 0 Å². The van der Waals surface area contributed by atoms with Gasteiger partial charge in [-0.25, -0.2) is 4.79 Å². The van der Waals surface area contributed by atoms with Crippen LogP contribution in [0.4, 0.5) is 4.79 Å². The molecule has 0 aromatic rings. The molecule has 0 aromatic carbocycles. The predicted molar refractivity (Wildman–Crippen MR) is 57.5 cm³/mol. The molecule has 0 radical (unpaired) electrons. The van der Waals surface area contributed by atoms with Gasteiger partial charge in [0.25, 0.3) is 0 Å². The highest BCUT2D eigenvalue weighted by Crippen LogP contribution is 2.07. The van der Waals surface area contributed by atoms with Gasteiger partial charge >= 0.3 is 6.03 Å². The second kappa shape index (κ2) is 5.11. The summed E-state index contributed by atoms with van der Waals surface area (Å²) < 4.78 is 0. The van der Waals surface area contributed by atoms with Crippen LogP contribution in [-0.4, -0.2) is 54.5 Å². The van der Waals surface area contributed by atoms with Crippen LogP contribution in [0.25, 0.3) is 0 Å². The van der Waals surface area contributed by atoms with Gasteiger partial charge in [-0.05, 0) is 13.0 Å². The first-order valence-electron chi connectivity index (χ1n) is 5.31. The van der Waals surface area contributed by atoms with E-state index in [0.29, 0.717) is 12.6 Å². The molecule has 86 valence electrons. The van der Waals surface area contributed by atoms with Crippen molar-refractivity contribution in [2.24, 2.45) is 0 Å². The molecule has 3 amide bonds. The highest BCUT2D eigenvalue weighted by Gasteiger charge is 2.32. The molecular formula is C10H19N3O2. The topological polar surface area (TPSA) is 52.7 Å². The smallest absolute Gasteiger partial charge is 0.318 e. The molecule has 5 nitrogen and oxygen atoms in total. The van der Waals surface area contributed by atoms with E-state index in [1.54, 1.807) is 7.05 Å². The molecule has 1 rings (SSSR count). The molecule has 1 N–H and O–H groups in total. The van der Waals surface area contributed by atoms with Crippen LogP contribution in [0.1, 0.15) is 20.3 Å². The van der Waals surface area contributed by atoms with E-state index in [1.807, 2.05) is 0 Å². The second-order valence-electron chi connectivity index (χ2n) is 4.15. The minimum Gasteiger partial charge on any atom is -0.318 e. The number of nitrogens with zero attached hydrogens (tertiary/aromatic N) is 2. The van der Waals surface area contributed by atoms with E-state index >= 15 is 0 Å². The predicted octanol–water partition coefficient (Wildman–Crippen LogP) is 0.269. The van der Waals surface area contributed by atoms with Crippen molar-refractivity contribution in [2.75, 3.05) is 26.7 Å². The van der Waals surface area contributed by atoms with Crippen LogP contribution in [-0.2, 0) is 4.79 Å². The van der Waals surface area contributed by atoms with Gasteiger partial charge in [0.2, 0.25) is 5.91 Å². The first-order valence-corrected chi connectivity index (χ1v) is 5.31. The molecule has 15 heavy (non-hydrogen) atoms. The second-order valence-corrected chi connectivity index (χ2v) is 4.15. The lowest BCUT2D eigenvalue weighted by Gasteiger charge is -2.14. The first-order chi connectivity index (χ1) is 7.02. The summed E-state index contributed by atoms with van der Waals surface area (Å²) in [5.41, 5.74) is 0. The largest absolute Gasteiger partial charge is 0.326 e. The van der Waals surface area contributed by atoms with Crippen molar-refractivity contribution in [3.63, 3.8) is 0 Å². The maximum Gasteiger partial charge on any atom is 0.326 e. The molecule has 1 heterocycles. The number of imide groups is 1. The van der Waals surface area contributed by atoms with E-state index in [0.717, 1.165) is 13.0 Å². The van der Waals surface area contributed by atoms with E-state index < -0.39 is 0 Å². The Morgan fingerprint density at radius 1 is 1.40 bits per heavy atom. The number of hydrogen-bond donors (Lipinski definition) is 1. The third-order valence-electron chi connectivity index (χ3n) is 2.34. The van der Waals surface area contributed by atoms with Crippen LogP contribution >= 0.6 is 0 Å². The normalized spacial score (nSPS) is 17.1. The fourth-order valence-electron chi connectivity index (χ4n) is 1.52. The van der Waals surface area contributed by atoms with Gasteiger partial charge in [-0.1, -0.05) is 13.8 Å². The maximum absolute atomic E-state index is 11.5. The van der Waals surface area contributed by atoms with Crippen LogP contribution in [0.3, 0.4) is 0 Å². The molecule has 0 aromatic heterocycles. The van der Waals surface area contributed by atoms with Crippen molar-refractivity contribution in [1.82, 2.24) is 15.1 Å². The minimum absolute atomic E-state index is 0.0907. The SMILES string of the molecule is CC(C)NCCCN1C(=O)CN(C)C1=O. The Kier molecular flexibility index (Phi) is 4.08. The zero-order chi connectivity index (χ0) is 11.4. The zero-order valence-corrected chi connectivity index (χ0v) is 9.62. The lowest BCUT2D eigenvalue weighted by atomic mass is 10.3. The van der Waals surface area contributed by atoms with Gasteiger partial charge in [0, 0.05) is 19.6 Å². The molecule has 5 heteroatoms. The van der Waals surface area contributed by atoms with Crippen molar-refractivity contribution < 1.29 is 9.59 Å². The summed E-state index contributed by atoms with van der Waals surface area (Å²) in [6.07, 6.45) is 0.809. The van der Waals surface area contributed by atoms with E-state index in [4.69, 9.17) is 0 Å². The van der Waals surface area contributed by atoms with Gasteiger partial charge in [0.15, 0.2) is 0 Å². The third-order valence-corrected chi connectivity index (χ3v) is 2.34. The first kappa shape index (κ1) is 12.0. The number of hydrogen-bond acceptors (Lipinski definition) is 3. The summed E-state index contributed by atoms with van der Waals surface area (Å²) in [5, 5.41) is 3.25. The lowest BCUT2D eigenvalue weighted by molar-refractivity contribution is -0.125. The van der Waals surface area contributed by atoms with Gasteiger partial charge in [0.1, 0.15) is 6.54 Å². The van der Waals surface area contributed by atoms with Gasteiger partial charge in [-0.15, -0.1) is 0 Å². The molecule has 1 fully saturated rings. The Bertz CT molecular complexity index is 253. The van der Waals surface area contributed by atoms with Gasteiger partial charge in [-0.3, -0.25) is 9.69 Å². The molecule has 0 bridgehead atoms. The standard InChI is InChI=1S/C10H19N3O2/c1-8(2)11-5-4-6-13-9(14)7-12(3)10(13)15/h8,11H,4-7H2,1-3H3. The Hall–Kier alpha value is -1.10. The third kappa shape index (κ3) is 3.20. The van der Waals surface area contributed by atoms with Crippen molar-refractivity contribution in [2.45, 2.75) is 26.3 Å². The van der Waals surface area contributed by atoms with E-state index in [2.05, 4.69) is 19.2 Å². The summed E-state index contributed by atoms with van der Waals surface area (Å²) in [4.78, 5) is 25.6. The average Bonchev–Trinajstić information content (AvgIpc) is 2.37. The van der Waals surface area contributed by atoms with Gasteiger partial charge in [0.05, 0.1) is 0 Å². The van der Waals surface area contributed by atoms with Crippen LogP contribution in [0.15, 0.2) is 0 Å². The van der Waals surface area contributed by atoms with Gasteiger partial charge < -0.3 is 10.2 Å². The Morgan fingerprint density at radius 2 is 2.07 bits per heavy atom. The fraction of sp³-hybridized carbons (Fsp3) is 0.800.